The molecule has 1 saturated heterocycles. The predicted octanol–water partition coefficient (Wildman–Crippen LogP) is 0.510. The molecule has 0 unspecified atom stereocenters. The summed E-state index contributed by atoms with van der Waals surface area (Å²) in [5.41, 5.74) is 6.44. The average Bonchev–Trinajstić information content (AvgIpc) is 2.67. The van der Waals surface area contributed by atoms with Gasteiger partial charge in [-0.3, -0.25) is 4.98 Å². The smallest absolute Gasteiger partial charge is 0.281 e. The summed E-state index contributed by atoms with van der Waals surface area (Å²) >= 11 is 0. The molecule has 2 N–H and O–H groups in total. The lowest BCUT2D eigenvalue weighted by molar-refractivity contribution is 0.376. The van der Waals surface area contributed by atoms with E-state index in [1.165, 1.54) is 4.31 Å². The van der Waals surface area contributed by atoms with Crippen molar-refractivity contribution < 1.29 is 8.42 Å². The van der Waals surface area contributed by atoms with E-state index in [0.29, 0.717) is 24.8 Å². The number of hydrogen-bond acceptors (Lipinski definition) is 5. The normalized spacial score (nSPS) is 21.4. The van der Waals surface area contributed by atoms with Crippen LogP contribution in [0.5, 0.6) is 0 Å². The molecule has 8 heteroatoms. The van der Waals surface area contributed by atoms with Crippen molar-refractivity contribution in [2.45, 2.75) is 25.7 Å². The first kappa shape index (κ1) is 16.1. The molecule has 1 aliphatic rings. The SMILES string of the molecule is CN(C)S(=O)(=O)N1CCC[C@H](Cc2cnc(N)cn2)CC1. The molecule has 1 aliphatic heterocycles. The fourth-order valence-corrected chi connectivity index (χ4v) is 3.73. The molecule has 0 aromatic carbocycles. The van der Waals surface area contributed by atoms with Crippen LogP contribution in [0.3, 0.4) is 0 Å². The lowest BCUT2D eigenvalue weighted by atomic mass is 9.95. The number of rotatable bonds is 4. The maximum atomic E-state index is 12.2. The molecule has 1 atom stereocenters. The Morgan fingerprint density at radius 1 is 1.29 bits per heavy atom. The zero-order valence-electron chi connectivity index (χ0n) is 12.6. The van der Waals surface area contributed by atoms with Gasteiger partial charge in [0, 0.05) is 27.2 Å². The van der Waals surface area contributed by atoms with Gasteiger partial charge in [-0.1, -0.05) is 0 Å². The molecule has 2 rings (SSSR count). The molecular weight excluding hydrogens is 290 g/mol. The summed E-state index contributed by atoms with van der Waals surface area (Å²) < 4.78 is 27.2. The Labute approximate surface area is 126 Å². The molecule has 0 radical (unpaired) electrons. The van der Waals surface area contributed by atoms with Crippen molar-refractivity contribution in [3.63, 3.8) is 0 Å². The van der Waals surface area contributed by atoms with Crippen LogP contribution in [0.1, 0.15) is 25.0 Å². The summed E-state index contributed by atoms with van der Waals surface area (Å²) in [5, 5.41) is 0. The fraction of sp³-hybridized carbons (Fsp3) is 0.692. The number of hydrogen-bond donors (Lipinski definition) is 1. The Morgan fingerprint density at radius 2 is 2.05 bits per heavy atom. The average molecular weight is 313 g/mol. The number of anilines is 1. The van der Waals surface area contributed by atoms with Crippen LogP contribution < -0.4 is 5.73 Å². The minimum Gasteiger partial charge on any atom is -0.382 e. The number of nitrogens with zero attached hydrogens (tertiary/aromatic N) is 4. The number of nitrogens with two attached hydrogens (primary N) is 1. The topological polar surface area (TPSA) is 92.4 Å². The molecule has 0 aliphatic carbocycles. The molecule has 1 aromatic heterocycles. The Bertz CT molecular complexity index is 558. The minimum atomic E-state index is -3.30. The van der Waals surface area contributed by atoms with Crippen molar-refractivity contribution in [3.05, 3.63) is 18.1 Å². The second kappa shape index (κ2) is 6.67. The van der Waals surface area contributed by atoms with Crippen LogP contribution in [-0.4, -0.2) is 54.2 Å². The number of nitrogen functional groups attached to an aromatic ring is 1. The Morgan fingerprint density at radius 3 is 2.67 bits per heavy atom. The summed E-state index contributed by atoms with van der Waals surface area (Å²) in [6.07, 6.45) is 6.82. The lowest BCUT2D eigenvalue weighted by Crippen LogP contribution is -2.40. The van der Waals surface area contributed by atoms with Crippen LogP contribution in [0, 0.1) is 5.92 Å². The highest BCUT2D eigenvalue weighted by atomic mass is 32.2. The summed E-state index contributed by atoms with van der Waals surface area (Å²) in [6, 6.07) is 0. The van der Waals surface area contributed by atoms with Crippen LogP contribution in [-0.2, 0) is 16.6 Å². The van der Waals surface area contributed by atoms with Gasteiger partial charge in [-0.05, 0) is 31.6 Å². The highest BCUT2D eigenvalue weighted by Gasteiger charge is 2.27. The fourth-order valence-electron chi connectivity index (χ4n) is 2.57. The van der Waals surface area contributed by atoms with Crippen LogP contribution in [0.4, 0.5) is 5.82 Å². The van der Waals surface area contributed by atoms with E-state index in [9.17, 15) is 8.42 Å². The molecule has 0 spiro atoms. The van der Waals surface area contributed by atoms with E-state index in [1.54, 1.807) is 30.8 Å². The summed E-state index contributed by atoms with van der Waals surface area (Å²) in [6.45, 7) is 1.15. The summed E-state index contributed by atoms with van der Waals surface area (Å²) in [4.78, 5) is 8.32. The molecular formula is C13H23N5O2S. The Balaban J connectivity index is 1.96. The number of aromatic nitrogens is 2. The first-order valence-corrected chi connectivity index (χ1v) is 8.53. The standard InChI is InChI=1S/C13H23N5O2S/c1-17(2)21(19,20)18-6-3-4-11(5-7-18)8-12-9-16-13(14)10-15-12/h9-11H,3-8H2,1-2H3,(H2,14,16)/t11-/m0/s1. The summed E-state index contributed by atoms with van der Waals surface area (Å²) in [5.74, 6) is 0.855. The van der Waals surface area contributed by atoms with Crippen LogP contribution in [0.15, 0.2) is 12.4 Å². The van der Waals surface area contributed by atoms with Gasteiger partial charge >= 0.3 is 0 Å². The highest BCUT2D eigenvalue weighted by Crippen LogP contribution is 2.23. The maximum Gasteiger partial charge on any atom is 0.281 e. The highest BCUT2D eigenvalue weighted by molar-refractivity contribution is 7.86. The third-order valence-electron chi connectivity index (χ3n) is 3.82. The maximum absolute atomic E-state index is 12.2. The van der Waals surface area contributed by atoms with E-state index < -0.39 is 10.2 Å². The van der Waals surface area contributed by atoms with Crippen molar-refractivity contribution in [2.75, 3.05) is 32.9 Å². The minimum absolute atomic E-state index is 0.419. The Kier molecular flexibility index (Phi) is 5.13. The van der Waals surface area contributed by atoms with E-state index in [-0.39, 0.29) is 0 Å². The third-order valence-corrected chi connectivity index (χ3v) is 5.76. The van der Waals surface area contributed by atoms with Gasteiger partial charge in [0.15, 0.2) is 0 Å². The van der Waals surface area contributed by atoms with Gasteiger partial charge in [-0.15, -0.1) is 0 Å². The second-order valence-corrected chi connectivity index (χ2v) is 7.77. The quantitative estimate of drug-likeness (QED) is 0.874. The zero-order chi connectivity index (χ0) is 15.5. The van der Waals surface area contributed by atoms with E-state index in [4.69, 9.17) is 5.73 Å². The van der Waals surface area contributed by atoms with Crippen molar-refractivity contribution in [1.82, 2.24) is 18.6 Å². The third kappa shape index (κ3) is 4.12. The Hall–Kier alpha value is -1.25. The molecule has 2 heterocycles. The molecule has 21 heavy (non-hydrogen) atoms. The van der Waals surface area contributed by atoms with Crippen molar-refractivity contribution in [2.24, 2.45) is 5.92 Å². The molecule has 0 bridgehead atoms. The van der Waals surface area contributed by atoms with Gasteiger partial charge < -0.3 is 5.73 Å². The van der Waals surface area contributed by atoms with Crippen LogP contribution in [0.25, 0.3) is 0 Å². The van der Waals surface area contributed by atoms with E-state index in [1.807, 2.05) is 0 Å². The van der Waals surface area contributed by atoms with E-state index >= 15 is 0 Å². The predicted molar refractivity (Wildman–Crippen MR) is 81.7 cm³/mol. The van der Waals surface area contributed by atoms with Gasteiger partial charge in [0.25, 0.3) is 10.2 Å². The lowest BCUT2D eigenvalue weighted by Gasteiger charge is -2.23. The first-order valence-electron chi connectivity index (χ1n) is 7.13. The van der Waals surface area contributed by atoms with Gasteiger partial charge in [-0.2, -0.15) is 17.0 Å². The van der Waals surface area contributed by atoms with Crippen LogP contribution in [0.2, 0.25) is 0 Å². The molecule has 118 valence electrons. The monoisotopic (exact) mass is 313 g/mol. The molecule has 0 amide bonds. The molecule has 1 fully saturated rings. The van der Waals surface area contributed by atoms with E-state index in [0.717, 1.165) is 31.4 Å². The van der Waals surface area contributed by atoms with Gasteiger partial charge in [-0.25, -0.2) is 4.98 Å². The van der Waals surface area contributed by atoms with Gasteiger partial charge in [0.2, 0.25) is 0 Å². The van der Waals surface area contributed by atoms with Crippen molar-refractivity contribution in [3.8, 4) is 0 Å². The van der Waals surface area contributed by atoms with Crippen molar-refractivity contribution in [1.29, 1.82) is 0 Å². The molecule has 7 nitrogen and oxygen atoms in total. The van der Waals surface area contributed by atoms with Gasteiger partial charge in [0.05, 0.1) is 18.1 Å². The zero-order valence-corrected chi connectivity index (χ0v) is 13.4. The first-order chi connectivity index (χ1) is 9.89. The molecule has 1 aromatic rings. The van der Waals surface area contributed by atoms with E-state index in [2.05, 4.69) is 9.97 Å². The van der Waals surface area contributed by atoms with Crippen LogP contribution >= 0.6 is 0 Å². The largest absolute Gasteiger partial charge is 0.382 e. The summed E-state index contributed by atoms with van der Waals surface area (Å²) in [7, 11) is -0.161. The van der Waals surface area contributed by atoms with Gasteiger partial charge in [0.1, 0.15) is 5.82 Å². The van der Waals surface area contributed by atoms with Crippen molar-refractivity contribution >= 4 is 16.0 Å². The second-order valence-electron chi connectivity index (χ2n) is 5.62. The molecule has 0 saturated carbocycles.